The first kappa shape index (κ1) is 14.7. The molecule has 1 aromatic carbocycles. The van der Waals surface area contributed by atoms with Crippen molar-refractivity contribution >= 4 is 11.8 Å². The Bertz CT molecular complexity index is 611. The van der Waals surface area contributed by atoms with Gasteiger partial charge < -0.3 is 10.1 Å². The summed E-state index contributed by atoms with van der Waals surface area (Å²) in [4.78, 5) is 18.7. The average molecular weight is 290 g/mol. The molecule has 1 heterocycles. The van der Waals surface area contributed by atoms with Crippen molar-refractivity contribution in [2.75, 3.05) is 0 Å². The third kappa shape index (κ3) is 3.87. The number of rotatable bonds is 6. The maximum atomic E-state index is 11.9. The third-order valence-corrected chi connectivity index (χ3v) is 3.92. The van der Waals surface area contributed by atoms with E-state index < -0.39 is 0 Å². The lowest BCUT2D eigenvalue weighted by Crippen LogP contribution is -2.15. The van der Waals surface area contributed by atoms with Crippen molar-refractivity contribution < 1.29 is 5.11 Å². The Balaban J connectivity index is 2.08. The predicted molar refractivity (Wildman–Crippen MR) is 81.1 cm³/mol. The summed E-state index contributed by atoms with van der Waals surface area (Å²) in [5.41, 5.74) is 1.30. The Morgan fingerprint density at radius 1 is 1.30 bits per heavy atom. The quantitative estimate of drug-likeness (QED) is 0.633. The third-order valence-electron chi connectivity index (χ3n) is 2.97. The van der Waals surface area contributed by atoms with Gasteiger partial charge in [-0.05, 0) is 18.4 Å². The molecule has 0 amide bonds. The van der Waals surface area contributed by atoms with E-state index in [-0.39, 0.29) is 11.4 Å². The molecule has 0 bridgehead atoms. The SMILES string of the molecule is CCCCc1c(O)nc(SCc2ccccc2)[nH]c1=O. The Morgan fingerprint density at radius 3 is 2.70 bits per heavy atom. The minimum atomic E-state index is -0.235. The zero-order chi connectivity index (χ0) is 14.4. The maximum absolute atomic E-state index is 11.9. The molecule has 106 valence electrons. The maximum Gasteiger partial charge on any atom is 0.258 e. The molecular formula is C15H18N2O2S. The highest BCUT2D eigenvalue weighted by Gasteiger charge is 2.10. The highest BCUT2D eigenvalue weighted by molar-refractivity contribution is 7.98. The lowest BCUT2D eigenvalue weighted by molar-refractivity contribution is 0.434. The number of aromatic nitrogens is 2. The van der Waals surface area contributed by atoms with Gasteiger partial charge >= 0.3 is 0 Å². The van der Waals surface area contributed by atoms with Gasteiger partial charge in [0.05, 0.1) is 5.56 Å². The smallest absolute Gasteiger partial charge is 0.258 e. The fourth-order valence-electron chi connectivity index (χ4n) is 1.84. The molecule has 5 heteroatoms. The first-order valence-corrected chi connectivity index (χ1v) is 7.68. The van der Waals surface area contributed by atoms with E-state index in [0.717, 1.165) is 18.4 Å². The van der Waals surface area contributed by atoms with Gasteiger partial charge in [0.1, 0.15) is 0 Å². The lowest BCUT2D eigenvalue weighted by atomic mass is 10.1. The molecule has 0 spiro atoms. The molecule has 0 saturated heterocycles. The van der Waals surface area contributed by atoms with Crippen molar-refractivity contribution in [2.45, 2.75) is 37.1 Å². The van der Waals surface area contributed by atoms with Crippen LogP contribution in [0, 0.1) is 0 Å². The van der Waals surface area contributed by atoms with Crippen LogP contribution in [0.4, 0.5) is 0 Å². The summed E-state index contributed by atoms with van der Waals surface area (Å²) in [6.07, 6.45) is 2.41. The van der Waals surface area contributed by atoms with Gasteiger partial charge in [0, 0.05) is 5.75 Å². The molecule has 0 atom stereocenters. The molecule has 2 aromatic rings. The van der Waals surface area contributed by atoms with E-state index in [1.807, 2.05) is 37.3 Å². The van der Waals surface area contributed by atoms with Gasteiger partial charge in [0.2, 0.25) is 5.88 Å². The van der Waals surface area contributed by atoms with Crippen LogP contribution in [0.3, 0.4) is 0 Å². The number of nitrogens with zero attached hydrogens (tertiary/aromatic N) is 1. The van der Waals surface area contributed by atoms with Crippen LogP contribution in [0.1, 0.15) is 30.9 Å². The Hall–Kier alpha value is -1.75. The van der Waals surface area contributed by atoms with Crippen molar-refractivity contribution in [1.29, 1.82) is 0 Å². The molecule has 2 rings (SSSR count). The van der Waals surface area contributed by atoms with Gasteiger partial charge in [-0.25, -0.2) is 0 Å². The van der Waals surface area contributed by atoms with E-state index in [1.54, 1.807) is 0 Å². The summed E-state index contributed by atoms with van der Waals surface area (Å²) in [5, 5.41) is 10.3. The number of hydrogen-bond donors (Lipinski definition) is 2. The Kier molecular flexibility index (Phi) is 5.24. The fraction of sp³-hybridized carbons (Fsp3) is 0.333. The van der Waals surface area contributed by atoms with E-state index in [2.05, 4.69) is 9.97 Å². The Labute approximate surface area is 122 Å². The molecule has 0 saturated carbocycles. The average Bonchev–Trinajstić information content (AvgIpc) is 2.45. The topological polar surface area (TPSA) is 66.0 Å². The number of unbranched alkanes of at least 4 members (excludes halogenated alkanes) is 1. The van der Waals surface area contributed by atoms with E-state index in [9.17, 15) is 9.90 Å². The van der Waals surface area contributed by atoms with Crippen LogP contribution in [0.15, 0.2) is 40.3 Å². The summed E-state index contributed by atoms with van der Waals surface area (Å²) in [6.45, 7) is 2.04. The van der Waals surface area contributed by atoms with Gasteiger partial charge in [-0.3, -0.25) is 4.79 Å². The second-order valence-electron chi connectivity index (χ2n) is 4.55. The van der Waals surface area contributed by atoms with Gasteiger partial charge in [-0.2, -0.15) is 4.98 Å². The molecule has 1 aromatic heterocycles. The van der Waals surface area contributed by atoms with Gasteiger partial charge in [0.15, 0.2) is 5.16 Å². The number of aromatic hydroxyl groups is 1. The summed E-state index contributed by atoms with van der Waals surface area (Å²) >= 11 is 1.41. The molecule has 0 aliphatic carbocycles. The standard InChI is InChI=1S/C15H18N2O2S/c1-2-3-9-12-13(18)16-15(17-14(12)19)20-10-11-7-5-4-6-8-11/h4-8H,2-3,9-10H2,1H3,(H2,16,17,18,19). The van der Waals surface area contributed by atoms with Crippen LogP contribution in [0.5, 0.6) is 5.88 Å². The van der Waals surface area contributed by atoms with Gasteiger partial charge in [0.25, 0.3) is 5.56 Å². The van der Waals surface area contributed by atoms with Gasteiger partial charge in [-0.1, -0.05) is 55.4 Å². The molecule has 4 nitrogen and oxygen atoms in total. The molecule has 0 aliphatic rings. The first-order chi connectivity index (χ1) is 9.70. The predicted octanol–water partition coefficient (Wildman–Crippen LogP) is 3.11. The Morgan fingerprint density at radius 2 is 2.05 bits per heavy atom. The van der Waals surface area contributed by atoms with E-state index >= 15 is 0 Å². The summed E-state index contributed by atoms with van der Waals surface area (Å²) in [5.74, 6) is 0.565. The summed E-state index contributed by atoms with van der Waals surface area (Å²) in [7, 11) is 0. The van der Waals surface area contributed by atoms with E-state index in [4.69, 9.17) is 0 Å². The van der Waals surface area contributed by atoms with Crippen LogP contribution in [-0.4, -0.2) is 15.1 Å². The molecule has 0 aliphatic heterocycles. The van der Waals surface area contributed by atoms with Crippen molar-refractivity contribution in [1.82, 2.24) is 9.97 Å². The van der Waals surface area contributed by atoms with Crippen LogP contribution in [-0.2, 0) is 12.2 Å². The minimum Gasteiger partial charge on any atom is -0.493 e. The van der Waals surface area contributed by atoms with Crippen molar-refractivity contribution in [3.8, 4) is 5.88 Å². The van der Waals surface area contributed by atoms with Crippen LogP contribution < -0.4 is 5.56 Å². The molecule has 0 unspecified atom stereocenters. The molecular weight excluding hydrogens is 272 g/mol. The largest absolute Gasteiger partial charge is 0.493 e. The number of hydrogen-bond acceptors (Lipinski definition) is 4. The van der Waals surface area contributed by atoms with Crippen LogP contribution >= 0.6 is 11.8 Å². The van der Waals surface area contributed by atoms with Gasteiger partial charge in [-0.15, -0.1) is 0 Å². The summed E-state index contributed by atoms with van der Waals surface area (Å²) < 4.78 is 0. The van der Waals surface area contributed by atoms with Crippen molar-refractivity contribution in [3.05, 3.63) is 51.8 Å². The second-order valence-corrected chi connectivity index (χ2v) is 5.52. The number of thioether (sulfide) groups is 1. The number of nitrogens with one attached hydrogen (secondary N) is 1. The lowest BCUT2D eigenvalue weighted by Gasteiger charge is -2.05. The normalized spacial score (nSPS) is 10.7. The zero-order valence-electron chi connectivity index (χ0n) is 11.4. The molecule has 0 fully saturated rings. The van der Waals surface area contributed by atoms with E-state index in [1.165, 1.54) is 11.8 Å². The van der Waals surface area contributed by atoms with Crippen molar-refractivity contribution in [2.24, 2.45) is 0 Å². The monoisotopic (exact) mass is 290 g/mol. The number of benzene rings is 1. The number of H-pyrrole nitrogens is 1. The molecule has 0 radical (unpaired) electrons. The summed E-state index contributed by atoms with van der Waals surface area (Å²) in [6, 6.07) is 9.93. The van der Waals surface area contributed by atoms with Crippen molar-refractivity contribution in [3.63, 3.8) is 0 Å². The first-order valence-electron chi connectivity index (χ1n) is 6.69. The minimum absolute atomic E-state index is 0.141. The number of aromatic amines is 1. The molecule has 2 N–H and O–H groups in total. The molecule has 20 heavy (non-hydrogen) atoms. The zero-order valence-corrected chi connectivity index (χ0v) is 12.2. The second kappa shape index (κ2) is 7.14. The highest BCUT2D eigenvalue weighted by atomic mass is 32.2. The fourth-order valence-corrected chi connectivity index (χ4v) is 2.65. The van der Waals surface area contributed by atoms with Crippen LogP contribution in [0.2, 0.25) is 0 Å². The van der Waals surface area contributed by atoms with Crippen LogP contribution in [0.25, 0.3) is 0 Å². The van der Waals surface area contributed by atoms with E-state index in [0.29, 0.717) is 22.9 Å². The highest BCUT2D eigenvalue weighted by Crippen LogP contribution is 2.21.